The van der Waals surface area contributed by atoms with Crippen molar-refractivity contribution in [2.24, 2.45) is 0 Å². The van der Waals surface area contributed by atoms with Gasteiger partial charge in [-0.2, -0.15) is 0 Å². The number of benzene rings is 2. The van der Waals surface area contributed by atoms with Crippen molar-refractivity contribution in [2.75, 3.05) is 4.90 Å². The molecule has 2 aromatic carbocycles. The first kappa shape index (κ1) is 23.4. The number of halogens is 2. The van der Waals surface area contributed by atoms with E-state index in [2.05, 4.69) is 10.1 Å². The summed E-state index contributed by atoms with van der Waals surface area (Å²) in [7, 11) is 0. The first-order valence-corrected chi connectivity index (χ1v) is 13.2. The summed E-state index contributed by atoms with van der Waals surface area (Å²) in [5.41, 5.74) is 3.69. The van der Waals surface area contributed by atoms with Crippen molar-refractivity contribution in [3.8, 4) is 17.0 Å². The van der Waals surface area contributed by atoms with Crippen molar-refractivity contribution in [1.82, 2.24) is 10.1 Å². The summed E-state index contributed by atoms with van der Waals surface area (Å²) in [4.78, 5) is 30.5. The summed E-state index contributed by atoms with van der Waals surface area (Å²) in [6, 6.07) is 14.4. The van der Waals surface area contributed by atoms with Crippen molar-refractivity contribution >= 4 is 46.9 Å². The number of hydrogen-bond acceptors (Lipinski definition) is 6. The lowest BCUT2D eigenvalue weighted by atomic mass is 9.98. The molecule has 1 aliphatic heterocycles. The molecule has 0 radical (unpaired) electrons. The second-order valence-electron chi connectivity index (χ2n) is 10.0. The number of nitrogens with zero attached hydrogens (tertiary/aromatic N) is 3. The van der Waals surface area contributed by atoms with Crippen LogP contribution in [0.5, 0.6) is 5.75 Å². The number of aromatic nitrogens is 2. The van der Waals surface area contributed by atoms with Gasteiger partial charge in [-0.15, -0.1) is 0 Å². The largest absolute Gasteiger partial charge is 0.489 e. The normalized spacial score (nSPS) is 17.1. The molecular weight excluding hydrogens is 525 g/mol. The molecular formula is C29H21Cl2N3O4. The number of ether oxygens (including phenoxy) is 1. The third kappa shape index (κ3) is 3.64. The highest BCUT2D eigenvalue weighted by atomic mass is 35.5. The summed E-state index contributed by atoms with van der Waals surface area (Å²) in [6.07, 6.45) is 5.84. The van der Waals surface area contributed by atoms with Gasteiger partial charge in [0.05, 0.1) is 26.7 Å². The Morgan fingerprint density at radius 3 is 2.55 bits per heavy atom. The first-order chi connectivity index (χ1) is 18.5. The van der Waals surface area contributed by atoms with Gasteiger partial charge in [-0.25, -0.2) is 4.98 Å². The fourth-order valence-electron chi connectivity index (χ4n) is 5.26. The van der Waals surface area contributed by atoms with Gasteiger partial charge in [0, 0.05) is 23.2 Å². The molecule has 3 aliphatic rings. The number of hydrogen-bond donors (Lipinski definition) is 0. The molecule has 7 rings (SSSR count). The van der Waals surface area contributed by atoms with Crippen LogP contribution in [0.2, 0.25) is 10.0 Å². The summed E-state index contributed by atoms with van der Waals surface area (Å²) in [5.74, 6) is 2.27. The van der Waals surface area contributed by atoms with Gasteiger partial charge >= 0.3 is 0 Å². The molecule has 2 aromatic heterocycles. The van der Waals surface area contributed by atoms with Crippen LogP contribution >= 0.6 is 23.2 Å². The monoisotopic (exact) mass is 545 g/mol. The molecule has 38 heavy (non-hydrogen) atoms. The van der Waals surface area contributed by atoms with Gasteiger partial charge < -0.3 is 9.26 Å². The minimum atomic E-state index is -0.549. The summed E-state index contributed by atoms with van der Waals surface area (Å²) < 4.78 is 12.0. The number of amides is 1. The lowest BCUT2D eigenvalue weighted by Gasteiger charge is -2.17. The second-order valence-corrected chi connectivity index (χ2v) is 10.8. The van der Waals surface area contributed by atoms with Crippen molar-refractivity contribution in [3.63, 3.8) is 0 Å². The summed E-state index contributed by atoms with van der Waals surface area (Å²) >= 11 is 13.0. The molecule has 0 unspecified atom stereocenters. The molecule has 0 atom stereocenters. The predicted octanol–water partition coefficient (Wildman–Crippen LogP) is 7.02. The van der Waals surface area contributed by atoms with Gasteiger partial charge in [-0.05, 0) is 73.7 Å². The molecule has 0 bridgehead atoms. The maximum atomic E-state index is 13.5. The molecule has 2 fully saturated rings. The number of carbonyl (C=O) groups excluding carboxylic acids is 2. The zero-order chi connectivity index (χ0) is 26.0. The number of aldehydes is 1. The fraction of sp³-hybridized carbons (Fsp3) is 0.241. The third-order valence-corrected chi connectivity index (χ3v) is 8.20. The van der Waals surface area contributed by atoms with Crippen LogP contribution in [-0.4, -0.2) is 22.3 Å². The zero-order valence-corrected chi connectivity index (χ0v) is 21.6. The molecule has 0 saturated heterocycles. The molecule has 1 spiro atoms. The Hall–Kier alpha value is -3.68. The van der Waals surface area contributed by atoms with E-state index in [4.69, 9.17) is 32.5 Å². The van der Waals surface area contributed by atoms with Gasteiger partial charge in [0.25, 0.3) is 0 Å². The molecule has 4 aromatic rings. The minimum absolute atomic E-state index is 0.00158. The summed E-state index contributed by atoms with van der Waals surface area (Å²) in [5, 5.41) is 5.33. The SMILES string of the molecule is O=Cc1ccc(N2C(=O)C3(CC3)c3cc(OCc4c(-c5c(Cl)cccc5Cl)noc4C4CC4)ccc32)nc1. The van der Waals surface area contributed by atoms with E-state index in [9.17, 15) is 9.59 Å². The van der Waals surface area contributed by atoms with Gasteiger partial charge in [-0.1, -0.05) is 34.4 Å². The average Bonchev–Trinajstić information content (AvgIpc) is 3.86. The number of anilines is 2. The molecule has 7 nitrogen and oxygen atoms in total. The highest BCUT2D eigenvalue weighted by molar-refractivity contribution is 6.39. The van der Waals surface area contributed by atoms with E-state index in [1.807, 2.05) is 18.2 Å². The van der Waals surface area contributed by atoms with E-state index in [0.717, 1.165) is 54.5 Å². The Morgan fingerprint density at radius 1 is 1.11 bits per heavy atom. The fourth-order valence-corrected chi connectivity index (χ4v) is 5.84. The van der Waals surface area contributed by atoms with E-state index >= 15 is 0 Å². The number of carbonyl (C=O) groups is 2. The van der Waals surface area contributed by atoms with E-state index < -0.39 is 5.41 Å². The van der Waals surface area contributed by atoms with Crippen LogP contribution < -0.4 is 9.64 Å². The number of rotatable bonds is 7. The zero-order valence-electron chi connectivity index (χ0n) is 20.1. The molecule has 9 heteroatoms. The quantitative estimate of drug-likeness (QED) is 0.232. The standard InChI is InChI=1S/C29H21Cl2N3O4/c30-21-2-1-3-22(31)25(21)26-19(27(38-33-26)17-5-6-17)15-37-18-7-8-23-20(12-18)29(10-11-29)28(36)34(23)24-9-4-16(14-35)13-32-24/h1-4,7-9,12-14,17H,5-6,10-11,15H2. The van der Waals surface area contributed by atoms with Crippen LogP contribution in [-0.2, 0) is 16.8 Å². The predicted molar refractivity (Wildman–Crippen MR) is 142 cm³/mol. The molecule has 3 heterocycles. The summed E-state index contributed by atoms with van der Waals surface area (Å²) in [6.45, 7) is 0.227. The molecule has 1 amide bonds. The van der Waals surface area contributed by atoms with E-state index in [1.54, 1.807) is 35.2 Å². The Morgan fingerprint density at radius 2 is 1.89 bits per heavy atom. The highest BCUT2D eigenvalue weighted by Crippen LogP contribution is 2.59. The molecule has 0 N–H and O–H groups in total. The lowest BCUT2D eigenvalue weighted by Crippen LogP contribution is -2.28. The van der Waals surface area contributed by atoms with E-state index in [0.29, 0.717) is 44.4 Å². The maximum Gasteiger partial charge on any atom is 0.243 e. The molecule has 190 valence electrons. The smallest absolute Gasteiger partial charge is 0.243 e. The van der Waals surface area contributed by atoms with Crippen molar-refractivity contribution in [1.29, 1.82) is 0 Å². The van der Waals surface area contributed by atoms with Gasteiger partial charge in [0.1, 0.15) is 29.6 Å². The van der Waals surface area contributed by atoms with Crippen LogP contribution in [0, 0.1) is 0 Å². The van der Waals surface area contributed by atoms with E-state index in [1.165, 1.54) is 6.20 Å². The third-order valence-electron chi connectivity index (χ3n) is 7.57. The Kier molecular flexibility index (Phi) is 5.35. The van der Waals surface area contributed by atoms with Crippen molar-refractivity contribution in [2.45, 2.75) is 43.6 Å². The van der Waals surface area contributed by atoms with Crippen LogP contribution in [0.4, 0.5) is 11.5 Å². The maximum absolute atomic E-state index is 13.5. The van der Waals surface area contributed by atoms with Gasteiger partial charge in [0.2, 0.25) is 5.91 Å². The Labute approximate surface area is 228 Å². The van der Waals surface area contributed by atoms with Crippen LogP contribution in [0.1, 0.15) is 58.8 Å². The molecule has 2 aliphatic carbocycles. The number of fused-ring (bicyclic) bond motifs is 2. The van der Waals surface area contributed by atoms with Crippen LogP contribution in [0.3, 0.4) is 0 Å². The minimum Gasteiger partial charge on any atom is -0.489 e. The Balaban J connectivity index is 1.21. The number of pyridine rings is 1. The van der Waals surface area contributed by atoms with Crippen molar-refractivity contribution in [3.05, 3.63) is 87.2 Å². The van der Waals surface area contributed by atoms with E-state index in [-0.39, 0.29) is 12.5 Å². The van der Waals surface area contributed by atoms with Crippen LogP contribution in [0.25, 0.3) is 11.3 Å². The van der Waals surface area contributed by atoms with Gasteiger partial charge in [-0.3, -0.25) is 14.5 Å². The highest BCUT2D eigenvalue weighted by Gasteiger charge is 2.60. The first-order valence-electron chi connectivity index (χ1n) is 12.5. The topological polar surface area (TPSA) is 85.5 Å². The van der Waals surface area contributed by atoms with Crippen LogP contribution in [0.15, 0.2) is 59.3 Å². The Bertz CT molecular complexity index is 1590. The second kappa shape index (κ2) is 8.68. The van der Waals surface area contributed by atoms with Gasteiger partial charge in [0.15, 0.2) is 6.29 Å². The van der Waals surface area contributed by atoms with Crippen molar-refractivity contribution < 1.29 is 18.8 Å². The average molecular weight is 546 g/mol. The molecule has 2 saturated carbocycles. The lowest BCUT2D eigenvalue weighted by molar-refractivity contribution is -0.119.